The maximum Gasteiger partial charge on any atom is 0.417 e. The number of likely N-dealkylation sites (N-methyl/N-ethyl adjacent to an activating group) is 1. The van der Waals surface area contributed by atoms with E-state index in [2.05, 4.69) is 21.2 Å². The van der Waals surface area contributed by atoms with Crippen molar-refractivity contribution in [2.75, 3.05) is 17.9 Å². The lowest BCUT2D eigenvalue weighted by molar-refractivity contribution is -0.139. The van der Waals surface area contributed by atoms with Gasteiger partial charge in [-0.05, 0) is 55.0 Å². The molecule has 0 radical (unpaired) electrons. The van der Waals surface area contributed by atoms with E-state index in [-0.39, 0.29) is 11.4 Å². The van der Waals surface area contributed by atoms with Crippen LogP contribution in [-0.4, -0.2) is 44.8 Å². The molecule has 0 bridgehead atoms. The number of halogens is 5. The average molecular weight is 647 g/mol. The molecule has 3 aromatic rings. The van der Waals surface area contributed by atoms with E-state index in [1.807, 2.05) is 0 Å². The summed E-state index contributed by atoms with van der Waals surface area (Å²) in [6.45, 7) is 0.526. The number of rotatable bonds is 9. The molecular weight excluding hydrogens is 623 g/mol. The van der Waals surface area contributed by atoms with Crippen LogP contribution >= 0.6 is 27.5 Å². The molecule has 2 amide bonds. The van der Waals surface area contributed by atoms with Gasteiger partial charge in [-0.15, -0.1) is 0 Å². The Morgan fingerprint density at radius 3 is 2.21 bits per heavy atom. The van der Waals surface area contributed by atoms with Crippen molar-refractivity contribution in [2.24, 2.45) is 0 Å². The zero-order valence-electron chi connectivity index (χ0n) is 20.7. The first-order chi connectivity index (χ1) is 18.3. The molecule has 7 nitrogen and oxygen atoms in total. The SMILES string of the molecule is CNC(=O)C(C)N(Cc1ccc(Br)cc1)C(=O)CN(c1ccc(Cl)c(C(F)(F)F)c1)S(=O)(=O)c1ccccc1. The fourth-order valence-electron chi connectivity index (χ4n) is 3.71. The first-order valence-corrected chi connectivity index (χ1v) is 14.1. The van der Waals surface area contributed by atoms with Gasteiger partial charge in [-0.1, -0.05) is 57.9 Å². The molecule has 1 N–H and O–H groups in total. The van der Waals surface area contributed by atoms with E-state index in [1.54, 1.807) is 30.3 Å². The molecule has 1 unspecified atom stereocenters. The molecule has 0 aromatic heterocycles. The highest BCUT2D eigenvalue weighted by Crippen LogP contribution is 2.38. The molecule has 0 aliphatic heterocycles. The van der Waals surface area contributed by atoms with Gasteiger partial charge in [0.05, 0.1) is 21.2 Å². The molecule has 1 atom stereocenters. The molecule has 0 fully saturated rings. The summed E-state index contributed by atoms with van der Waals surface area (Å²) in [4.78, 5) is 27.1. The zero-order valence-corrected chi connectivity index (χ0v) is 23.9. The van der Waals surface area contributed by atoms with E-state index in [1.165, 1.54) is 38.2 Å². The molecule has 0 saturated carbocycles. The third kappa shape index (κ3) is 7.31. The van der Waals surface area contributed by atoms with Crippen LogP contribution < -0.4 is 9.62 Å². The number of nitrogens with one attached hydrogen (secondary N) is 1. The highest BCUT2D eigenvalue weighted by Gasteiger charge is 2.36. The van der Waals surface area contributed by atoms with Gasteiger partial charge in [0.1, 0.15) is 12.6 Å². The van der Waals surface area contributed by atoms with E-state index in [9.17, 15) is 31.2 Å². The minimum absolute atomic E-state index is 0.0612. The summed E-state index contributed by atoms with van der Waals surface area (Å²) in [5, 5.41) is 1.83. The van der Waals surface area contributed by atoms with Crippen molar-refractivity contribution in [2.45, 2.75) is 30.6 Å². The van der Waals surface area contributed by atoms with Gasteiger partial charge in [-0.25, -0.2) is 8.42 Å². The van der Waals surface area contributed by atoms with Gasteiger partial charge in [0, 0.05) is 18.1 Å². The second kappa shape index (κ2) is 12.4. The number of sulfonamides is 1. The molecule has 0 aliphatic carbocycles. The number of benzene rings is 3. The zero-order chi connectivity index (χ0) is 29.0. The number of hydrogen-bond acceptors (Lipinski definition) is 4. The Morgan fingerprint density at radius 2 is 1.64 bits per heavy atom. The second-order valence-electron chi connectivity index (χ2n) is 8.42. The van der Waals surface area contributed by atoms with Crippen molar-refractivity contribution in [3.8, 4) is 0 Å². The highest BCUT2D eigenvalue weighted by atomic mass is 79.9. The second-order valence-corrected chi connectivity index (χ2v) is 11.6. The fraction of sp³-hybridized carbons (Fsp3) is 0.231. The fourth-order valence-corrected chi connectivity index (χ4v) is 5.63. The standard InChI is InChI=1S/C26H24BrClF3N3O4S/c1-17(25(36)32-2)33(15-18-8-10-19(27)11-9-18)24(35)16-34(39(37,38)21-6-4-3-5-7-21)20-12-13-23(28)22(14-20)26(29,30)31/h3-14,17H,15-16H2,1-2H3,(H,32,36). The van der Waals surface area contributed by atoms with Gasteiger partial charge in [0.25, 0.3) is 10.0 Å². The lowest BCUT2D eigenvalue weighted by Gasteiger charge is -2.32. The Morgan fingerprint density at radius 1 is 1.03 bits per heavy atom. The first-order valence-electron chi connectivity index (χ1n) is 11.5. The van der Waals surface area contributed by atoms with E-state index >= 15 is 0 Å². The molecular formula is C26H24BrClF3N3O4S. The minimum Gasteiger partial charge on any atom is -0.357 e. The summed E-state index contributed by atoms with van der Waals surface area (Å²) in [5.74, 6) is -1.32. The molecule has 39 heavy (non-hydrogen) atoms. The summed E-state index contributed by atoms with van der Waals surface area (Å²) in [6, 6.07) is 15.5. The van der Waals surface area contributed by atoms with Crippen LogP contribution in [0.2, 0.25) is 5.02 Å². The summed E-state index contributed by atoms with van der Waals surface area (Å²) < 4.78 is 69.6. The third-order valence-electron chi connectivity index (χ3n) is 5.83. The van der Waals surface area contributed by atoms with Gasteiger partial charge in [0.15, 0.2) is 0 Å². The topological polar surface area (TPSA) is 86.8 Å². The van der Waals surface area contributed by atoms with Crippen LogP contribution in [0.4, 0.5) is 18.9 Å². The van der Waals surface area contributed by atoms with Gasteiger partial charge in [-0.2, -0.15) is 13.2 Å². The number of anilines is 1. The molecule has 3 rings (SSSR count). The Kier molecular flexibility index (Phi) is 9.68. The molecule has 3 aromatic carbocycles. The van der Waals surface area contributed by atoms with Crippen molar-refractivity contribution < 1.29 is 31.2 Å². The summed E-state index contributed by atoms with van der Waals surface area (Å²) >= 11 is 9.08. The smallest absolute Gasteiger partial charge is 0.357 e. The van der Waals surface area contributed by atoms with Gasteiger partial charge < -0.3 is 10.2 Å². The van der Waals surface area contributed by atoms with Crippen LogP contribution in [0.5, 0.6) is 0 Å². The predicted octanol–water partition coefficient (Wildman–Crippen LogP) is 5.48. The van der Waals surface area contributed by atoms with Crippen LogP contribution in [0, 0.1) is 0 Å². The minimum atomic E-state index is -4.87. The van der Waals surface area contributed by atoms with Crippen molar-refractivity contribution in [3.63, 3.8) is 0 Å². The molecule has 0 heterocycles. The van der Waals surface area contributed by atoms with Crippen LogP contribution in [0.3, 0.4) is 0 Å². The number of carbonyl (C=O) groups excluding carboxylic acids is 2. The van der Waals surface area contributed by atoms with E-state index in [0.717, 1.165) is 21.5 Å². The van der Waals surface area contributed by atoms with Crippen LogP contribution in [0.1, 0.15) is 18.1 Å². The number of nitrogens with zero attached hydrogens (tertiary/aromatic N) is 2. The summed E-state index contributed by atoms with van der Waals surface area (Å²) in [5.41, 5.74) is -1.03. The van der Waals surface area contributed by atoms with Crippen molar-refractivity contribution in [1.82, 2.24) is 10.2 Å². The summed E-state index contributed by atoms with van der Waals surface area (Å²) in [7, 11) is -3.13. The maximum atomic E-state index is 13.7. The summed E-state index contributed by atoms with van der Waals surface area (Å²) in [6.07, 6.45) is -4.87. The lowest BCUT2D eigenvalue weighted by Crippen LogP contribution is -2.50. The van der Waals surface area contributed by atoms with E-state index in [0.29, 0.717) is 15.9 Å². The molecule has 0 aliphatic rings. The van der Waals surface area contributed by atoms with Gasteiger partial charge in [0.2, 0.25) is 11.8 Å². The largest absolute Gasteiger partial charge is 0.417 e. The molecule has 13 heteroatoms. The Balaban J connectivity index is 2.10. The normalized spacial score (nSPS) is 12.5. The van der Waals surface area contributed by atoms with Crippen molar-refractivity contribution in [3.05, 3.63) is 93.4 Å². The van der Waals surface area contributed by atoms with Gasteiger partial charge >= 0.3 is 6.18 Å². The third-order valence-corrected chi connectivity index (χ3v) is 8.48. The molecule has 0 saturated heterocycles. The Hall–Kier alpha value is -3.09. The lowest BCUT2D eigenvalue weighted by atomic mass is 10.1. The van der Waals surface area contributed by atoms with E-state index < -0.39 is 56.9 Å². The monoisotopic (exact) mass is 645 g/mol. The maximum absolute atomic E-state index is 13.7. The number of carbonyl (C=O) groups is 2. The van der Waals surface area contributed by atoms with Crippen LogP contribution in [-0.2, 0) is 32.3 Å². The molecule has 0 spiro atoms. The van der Waals surface area contributed by atoms with Crippen molar-refractivity contribution in [1.29, 1.82) is 0 Å². The van der Waals surface area contributed by atoms with E-state index in [4.69, 9.17) is 11.6 Å². The first kappa shape index (κ1) is 30.5. The van der Waals surface area contributed by atoms with Crippen LogP contribution in [0.15, 0.2) is 82.2 Å². The van der Waals surface area contributed by atoms with Crippen LogP contribution in [0.25, 0.3) is 0 Å². The average Bonchev–Trinajstić information content (AvgIpc) is 2.90. The highest BCUT2D eigenvalue weighted by molar-refractivity contribution is 9.10. The number of hydrogen-bond donors (Lipinski definition) is 1. The number of amides is 2. The van der Waals surface area contributed by atoms with Gasteiger partial charge in [-0.3, -0.25) is 13.9 Å². The Labute approximate surface area is 237 Å². The predicted molar refractivity (Wildman–Crippen MR) is 146 cm³/mol. The quantitative estimate of drug-likeness (QED) is 0.334. The Bertz CT molecular complexity index is 1440. The number of alkyl halides is 3. The molecule has 208 valence electrons. The van der Waals surface area contributed by atoms with Crippen molar-refractivity contribution >= 4 is 55.1 Å².